The zero-order valence-corrected chi connectivity index (χ0v) is 21.8. The number of aromatic nitrogens is 3. The van der Waals surface area contributed by atoms with E-state index in [1.165, 1.54) is 11.3 Å². The second-order valence-corrected chi connectivity index (χ2v) is 11.5. The Morgan fingerprint density at radius 2 is 1.92 bits per heavy atom. The maximum absolute atomic E-state index is 13.1. The first-order valence-corrected chi connectivity index (χ1v) is 14.3. The summed E-state index contributed by atoms with van der Waals surface area (Å²) in [4.78, 5) is 16.5. The van der Waals surface area contributed by atoms with E-state index >= 15 is 0 Å². The number of benzene rings is 1. The van der Waals surface area contributed by atoms with Crippen LogP contribution in [0.15, 0.2) is 41.6 Å². The highest BCUT2D eigenvalue weighted by molar-refractivity contribution is 7.89. The van der Waals surface area contributed by atoms with Crippen molar-refractivity contribution in [2.75, 3.05) is 11.9 Å². The Labute approximate surface area is 214 Å². The lowest BCUT2D eigenvalue weighted by Gasteiger charge is -2.27. The standard InChI is InChI=1S/C24H30N6O4S2/c1-3-15-11-22(30-26-13-15)28-18-9-10-19(21(12-18)36(33,34)27-4-2)20-14-25-23(35-20)16-5-7-17(8-6-16)29-24(31)32/h9-14,16-17,27,29H,3-8H2,1-2H3,(H,28,30)(H,31,32). The van der Waals surface area contributed by atoms with Crippen molar-refractivity contribution in [3.05, 3.63) is 47.2 Å². The molecule has 0 radical (unpaired) electrons. The molecule has 1 amide bonds. The Hall–Kier alpha value is -3.09. The van der Waals surface area contributed by atoms with Crippen LogP contribution in [0.25, 0.3) is 10.4 Å². The number of amides is 1. The number of anilines is 2. The topological polar surface area (TPSA) is 146 Å². The van der Waals surface area contributed by atoms with Gasteiger partial charge >= 0.3 is 6.09 Å². The van der Waals surface area contributed by atoms with Gasteiger partial charge in [-0.1, -0.05) is 19.9 Å². The van der Waals surface area contributed by atoms with E-state index in [0.29, 0.717) is 17.1 Å². The number of carbonyl (C=O) groups is 1. The molecule has 4 rings (SSSR count). The summed E-state index contributed by atoms with van der Waals surface area (Å²) in [6.45, 7) is 4.04. The molecule has 10 nitrogen and oxygen atoms in total. The first kappa shape index (κ1) is 26.0. The van der Waals surface area contributed by atoms with Gasteiger partial charge in [-0.3, -0.25) is 0 Å². The van der Waals surface area contributed by atoms with E-state index in [0.717, 1.165) is 47.6 Å². The largest absolute Gasteiger partial charge is 0.465 e. The van der Waals surface area contributed by atoms with Gasteiger partial charge in [0.15, 0.2) is 5.82 Å². The van der Waals surface area contributed by atoms with Crippen LogP contribution in [0.5, 0.6) is 0 Å². The molecular weight excluding hydrogens is 500 g/mol. The maximum Gasteiger partial charge on any atom is 0.404 e. The number of aryl methyl sites for hydroxylation is 1. The fraction of sp³-hybridized carbons (Fsp3) is 0.417. The Bertz CT molecular complexity index is 1320. The molecule has 1 aliphatic rings. The molecule has 2 aromatic heterocycles. The van der Waals surface area contributed by atoms with E-state index in [2.05, 4.69) is 30.5 Å². The lowest BCUT2D eigenvalue weighted by Crippen LogP contribution is -2.36. The SMILES string of the molecule is CCNS(=O)(=O)c1cc(Nc2cc(CC)cnn2)ccc1-c1cnc(C2CCC(NC(=O)O)CC2)s1. The minimum absolute atomic E-state index is 0.0298. The van der Waals surface area contributed by atoms with E-state index in [1.54, 1.807) is 31.5 Å². The highest BCUT2D eigenvalue weighted by Gasteiger charge is 2.27. The first-order valence-electron chi connectivity index (χ1n) is 12.0. The molecule has 4 N–H and O–H groups in total. The Kier molecular flexibility index (Phi) is 8.17. The van der Waals surface area contributed by atoms with Crippen LogP contribution in [-0.2, 0) is 16.4 Å². The van der Waals surface area contributed by atoms with E-state index in [9.17, 15) is 13.2 Å². The molecule has 0 atom stereocenters. The summed E-state index contributed by atoms with van der Waals surface area (Å²) in [5.74, 6) is 0.775. The number of thiazole rings is 1. The minimum Gasteiger partial charge on any atom is -0.465 e. The van der Waals surface area contributed by atoms with Crippen molar-refractivity contribution in [2.45, 2.75) is 62.8 Å². The third-order valence-electron chi connectivity index (χ3n) is 6.19. The van der Waals surface area contributed by atoms with Crippen molar-refractivity contribution in [3.63, 3.8) is 0 Å². The molecule has 3 aromatic rings. The maximum atomic E-state index is 13.1. The summed E-state index contributed by atoms with van der Waals surface area (Å²) in [6, 6.07) is 7.07. The molecule has 192 valence electrons. The summed E-state index contributed by atoms with van der Waals surface area (Å²) in [6.07, 6.45) is 6.43. The highest BCUT2D eigenvalue weighted by Crippen LogP contribution is 2.40. The highest BCUT2D eigenvalue weighted by atomic mass is 32.2. The van der Waals surface area contributed by atoms with E-state index in [1.807, 2.05) is 19.1 Å². The molecule has 36 heavy (non-hydrogen) atoms. The number of hydrogen-bond donors (Lipinski definition) is 4. The molecule has 1 fully saturated rings. The average molecular weight is 531 g/mol. The van der Waals surface area contributed by atoms with Crippen LogP contribution in [-0.4, -0.2) is 47.4 Å². The number of nitrogens with one attached hydrogen (secondary N) is 3. The molecule has 0 bridgehead atoms. The molecule has 0 unspecified atom stereocenters. The molecule has 0 saturated heterocycles. The van der Waals surface area contributed by atoms with Gasteiger partial charge in [0.25, 0.3) is 0 Å². The Morgan fingerprint density at radius 1 is 1.14 bits per heavy atom. The normalized spacial score (nSPS) is 18.1. The third-order valence-corrected chi connectivity index (χ3v) is 8.97. The van der Waals surface area contributed by atoms with E-state index in [4.69, 9.17) is 5.11 Å². The molecular formula is C24H30N6O4S2. The molecule has 12 heteroatoms. The predicted octanol–water partition coefficient (Wildman–Crippen LogP) is 4.50. The van der Waals surface area contributed by atoms with Crippen molar-refractivity contribution in [1.82, 2.24) is 25.2 Å². The second-order valence-electron chi connectivity index (χ2n) is 8.70. The first-order chi connectivity index (χ1) is 17.3. The summed E-state index contributed by atoms with van der Waals surface area (Å²) in [5, 5.41) is 23.7. The van der Waals surface area contributed by atoms with Crippen LogP contribution >= 0.6 is 11.3 Å². The minimum atomic E-state index is -3.76. The van der Waals surface area contributed by atoms with Crippen LogP contribution in [0.2, 0.25) is 0 Å². The number of hydrogen-bond acceptors (Lipinski definition) is 8. The molecule has 1 saturated carbocycles. The van der Waals surface area contributed by atoms with Gasteiger partial charge in [-0.25, -0.2) is 22.9 Å². The van der Waals surface area contributed by atoms with Crippen LogP contribution in [0, 0.1) is 0 Å². The second kappa shape index (κ2) is 11.3. The van der Waals surface area contributed by atoms with Crippen LogP contribution in [0.1, 0.15) is 56.0 Å². The van der Waals surface area contributed by atoms with Gasteiger partial charge in [0, 0.05) is 36.0 Å². The van der Waals surface area contributed by atoms with Gasteiger partial charge in [0.2, 0.25) is 10.0 Å². The quantitative estimate of drug-likeness (QED) is 0.316. The molecule has 0 spiro atoms. The number of nitrogens with zero attached hydrogens (tertiary/aromatic N) is 3. The van der Waals surface area contributed by atoms with Gasteiger partial charge in [-0.05, 0) is 55.9 Å². The predicted molar refractivity (Wildman–Crippen MR) is 139 cm³/mol. The Morgan fingerprint density at radius 3 is 2.61 bits per heavy atom. The number of carboxylic acid groups (broad SMARTS) is 1. The van der Waals surface area contributed by atoms with Gasteiger partial charge in [-0.15, -0.1) is 16.4 Å². The van der Waals surface area contributed by atoms with E-state index in [-0.39, 0.29) is 23.4 Å². The number of rotatable bonds is 9. The summed E-state index contributed by atoms with van der Waals surface area (Å²) >= 11 is 1.49. The average Bonchev–Trinajstić information content (AvgIpc) is 3.34. The monoisotopic (exact) mass is 530 g/mol. The van der Waals surface area contributed by atoms with Gasteiger partial charge in [-0.2, -0.15) is 5.10 Å². The van der Waals surface area contributed by atoms with Crippen molar-refractivity contribution < 1.29 is 18.3 Å². The molecule has 2 heterocycles. The molecule has 0 aliphatic heterocycles. The fourth-order valence-electron chi connectivity index (χ4n) is 4.36. The zero-order chi connectivity index (χ0) is 25.7. The Balaban J connectivity index is 1.60. The fourth-order valence-corrected chi connectivity index (χ4v) is 6.84. The summed E-state index contributed by atoms with van der Waals surface area (Å²) in [7, 11) is -3.76. The summed E-state index contributed by atoms with van der Waals surface area (Å²) < 4.78 is 28.8. The smallest absolute Gasteiger partial charge is 0.404 e. The van der Waals surface area contributed by atoms with Crippen LogP contribution in [0.3, 0.4) is 0 Å². The van der Waals surface area contributed by atoms with Crippen molar-refractivity contribution in [2.24, 2.45) is 0 Å². The van der Waals surface area contributed by atoms with Crippen LogP contribution < -0.4 is 15.4 Å². The number of sulfonamides is 1. The van der Waals surface area contributed by atoms with Crippen LogP contribution in [0.4, 0.5) is 16.3 Å². The summed E-state index contributed by atoms with van der Waals surface area (Å²) in [5.41, 5.74) is 2.20. The van der Waals surface area contributed by atoms with Gasteiger partial charge in [0.05, 0.1) is 21.0 Å². The lowest BCUT2D eigenvalue weighted by atomic mass is 9.86. The lowest BCUT2D eigenvalue weighted by molar-refractivity contribution is 0.185. The van der Waals surface area contributed by atoms with Gasteiger partial charge < -0.3 is 15.7 Å². The zero-order valence-electron chi connectivity index (χ0n) is 20.2. The van der Waals surface area contributed by atoms with E-state index < -0.39 is 16.1 Å². The van der Waals surface area contributed by atoms with Crippen molar-refractivity contribution in [3.8, 4) is 10.4 Å². The molecule has 1 aromatic carbocycles. The van der Waals surface area contributed by atoms with Crippen molar-refractivity contribution >= 4 is 39.0 Å². The van der Waals surface area contributed by atoms with Crippen molar-refractivity contribution in [1.29, 1.82) is 0 Å². The third kappa shape index (κ3) is 6.18. The van der Waals surface area contributed by atoms with Gasteiger partial charge in [0.1, 0.15) is 0 Å². The molecule has 1 aliphatic carbocycles.